The molecule has 1 aromatic carbocycles. The molecule has 36 heavy (non-hydrogen) atoms. The number of piperidine rings is 1. The second-order valence-electron chi connectivity index (χ2n) is 9.70. The second-order valence-corrected chi connectivity index (χ2v) is 9.70. The molecule has 3 atom stereocenters. The summed E-state index contributed by atoms with van der Waals surface area (Å²) in [5.41, 5.74) is 12.3. The highest BCUT2D eigenvalue weighted by Crippen LogP contribution is 2.44. The average Bonchev–Trinajstić information content (AvgIpc) is 3.26. The summed E-state index contributed by atoms with van der Waals surface area (Å²) >= 11 is 0. The van der Waals surface area contributed by atoms with Gasteiger partial charge in [0, 0.05) is 30.8 Å². The molecule has 2 aromatic rings. The van der Waals surface area contributed by atoms with E-state index in [9.17, 15) is 0 Å². The summed E-state index contributed by atoms with van der Waals surface area (Å²) < 4.78 is 5.99. The van der Waals surface area contributed by atoms with Crippen molar-refractivity contribution < 1.29 is 14.2 Å². The van der Waals surface area contributed by atoms with E-state index in [1.807, 2.05) is 6.20 Å². The maximum absolute atomic E-state index is 6.53. The van der Waals surface area contributed by atoms with Crippen molar-refractivity contribution in [2.75, 3.05) is 20.8 Å². The quantitative estimate of drug-likeness (QED) is 0.629. The van der Waals surface area contributed by atoms with Crippen LogP contribution in [0.1, 0.15) is 43.0 Å². The maximum atomic E-state index is 6.53. The molecule has 7 nitrogen and oxygen atoms in total. The van der Waals surface area contributed by atoms with Crippen LogP contribution in [0.3, 0.4) is 0 Å². The molecule has 1 saturated heterocycles. The van der Waals surface area contributed by atoms with Gasteiger partial charge in [0.05, 0.1) is 42.6 Å². The number of hydrogen-bond acceptors (Lipinski definition) is 6. The number of allylic oxidation sites excluding steroid dienone is 3. The Morgan fingerprint density at radius 3 is 2.81 bits per heavy atom. The third-order valence-corrected chi connectivity index (χ3v) is 7.68. The number of quaternary nitrogens is 1. The zero-order chi connectivity index (χ0) is 24.0. The zero-order valence-corrected chi connectivity index (χ0v) is 21.6. The van der Waals surface area contributed by atoms with E-state index in [1.165, 1.54) is 16.7 Å². The largest absolute Gasteiger partial charge is 0.452 e. The summed E-state index contributed by atoms with van der Waals surface area (Å²) in [6.45, 7) is 1.77. The molecule has 2 N–H and O–H groups in total. The summed E-state index contributed by atoms with van der Waals surface area (Å²) in [6.07, 6.45) is 14.3. The van der Waals surface area contributed by atoms with E-state index in [0.717, 1.165) is 66.5 Å². The fourth-order valence-electron chi connectivity index (χ4n) is 5.99. The number of nitrogens with two attached hydrogens (primary N) is 1. The molecule has 8 heteroatoms. The van der Waals surface area contributed by atoms with E-state index in [4.69, 9.17) is 20.4 Å². The molecule has 1 aliphatic carbocycles. The van der Waals surface area contributed by atoms with E-state index < -0.39 is 0 Å². The van der Waals surface area contributed by atoms with Crippen LogP contribution in [0.15, 0.2) is 71.8 Å². The third kappa shape index (κ3) is 3.92. The van der Waals surface area contributed by atoms with Crippen molar-refractivity contribution in [1.82, 2.24) is 15.1 Å². The van der Waals surface area contributed by atoms with Gasteiger partial charge in [-0.2, -0.15) is 15.0 Å². The Labute approximate surface area is 217 Å². The molecule has 188 valence electrons. The Kier molecular flexibility index (Phi) is 6.85. The predicted molar refractivity (Wildman–Crippen MR) is 141 cm³/mol. The lowest BCUT2D eigenvalue weighted by Gasteiger charge is -2.38. The molecule has 3 unspecified atom stereocenters. The van der Waals surface area contributed by atoms with Gasteiger partial charge in [-0.25, -0.2) is 0 Å². The highest BCUT2D eigenvalue weighted by Gasteiger charge is 2.50. The van der Waals surface area contributed by atoms with Crippen LogP contribution in [0.4, 0.5) is 0 Å². The van der Waals surface area contributed by atoms with E-state index in [0.29, 0.717) is 0 Å². The van der Waals surface area contributed by atoms with Gasteiger partial charge in [0.1, 0.15) is 0 Å². The van der Waals surface area contributed by atoms with Gasteiger partial charge in [-0.3, -0.25) is 4.90 Å². The highest BCUT2D eigenvalue weighted by atomic mass is 35.5. The molecule has 0 saturated carbocycles. The number of hydrogen-bond donors (Lipinski definition) is 1. The standard InChI is InChI=1S/C28H32N5O2.ClH/c1-34-25-14-20-10-6-7-11-23(20)28-26-21(18-33(25,28)35-2)16-30-31-27(26)24-15-22(29)12-13-32(24)17-19-8-4-3-5-9-19;/h3-5,7-9,11,14,16,18,22,24H,6,10,12-13,15,17,29H2,1-2H3;1H/q+1;. The molecule has 1 aromatic heterocycles. The van der Waals surface area contributed by atoms with E-state index in [1.54, 1.807) is 14.2 Å². The van der Waals surface area contributed by atoms with Crippen LogP contribution in [0.25, 0.3) is 11.9 Å². The topological polar surface area (TPSA) is 73.5 Å². The monoisotopic (exact) mass is 506 g/mol. The zero-order valence-electron chi connectivity index (χ0n) is 20.8. The van der Waals surface area contributed by atoms with Gasteiger partial charge in [0.15, 0.2) is 11.9 Å². The van der Waals surface area contributed by atoms with Gasteiger partial charge in [-0.1, -0.05) is 47.1 Å². The minimum Gasteiger partial charge on any atom is -0.452 e. The molecule has 0 amide bonds. The minimum absolute atomic E-state index is 0. The summed E-state index contributed by atoms with van der Waals surface area (Å²) in [5, 5.41) is 11.4. The Morgan fingerprint density at radius 2 is 2.03 bits per heavy atom. The summed E-state index contributed by atoms with van der Waals surface area (Å²) in [6, 6.07) is 10.8. The number of likely N-dealkylation sites (tertiary alicyclic amines) is 1. The minimum atomic E-state index is 0. The number of aromatic nitrogens is 2. The first-order valence-electron chi connectivity index (χ1n) is 12.4. The molecule has 6 rings (SSSR count). The van der Waals surface area contributed by atoms with E-state index in [2.05, 4.69) is 64.8 Å². The first-order chi connectivity index (χ1) is 17.1. The lowest BCUT2D eigenvalue weighted by molar-refractivity contribution is -0.962. The van der Waals surface area contributed by atoms with Gasteiger partial charge in [0.2, 0.25) is 0 Å². The molecule has 4 heterocycles. The lowest BCUT2D eigenvalue weighted by atomic mass is 9.89. The number of methoxy groups -OCH3 is 1. The van der Waals surface area contributed by atoms with Gasteiger partial charge < -0.3 is 10.5 Å². The van der Waals surface area contributed by atoms with Crippen LogP contribution in [0.2, 0.25) is 0 Å². The van der Waals surface area contributed by atoms with Crippen molar-refractivity contribution in [3.63, 3.8) is 0 Å². The average molecular weight is 507 g/mol. The van der Waals surface area contributed by atoms with Crippen LogP contribution in [0.5, 0.6) is 0 Å². The van der Waals surface area contributed by atoms with Gasteiger partial charge in [0.25, 0.3) is 0 Å². The SMILES string of the molecule is COC1=CC2=C(C=CCC2)C2=c3c(C4CC(N)CCN4Cc4ccccc4)nncc3=C[N+]12OC.Cl. The van der Waals surface area contributed by atoms with Gasteiger partial charge in [-0.05, 0) is 36.8 Å². The fraction of sp³-hybridized carbons (Fsp3) is 0.357. The lowest BCUT2D eigenvalue weighted by Crippen LogP contribution is -2.46. The smallest absolute Gasteiger partial charge is 0.335 e. The third-order valence-electron chi connectivity index (χ3n) is 7.68. The number of halogens is 1. The molecule has 0 bridgehead atoms. The number of rotatable bonds is 5. The van der Waals surface area contributed by atoms with Crippen LogP contribution in [0, 0.1) is 0 Å². The number of ether oxygens (including phenoxy) is 1. The summed E-state index contributed by atoms with van der Waals surface area (Å²) in [5.74, 6) is 0.750. The van der Waals surface area contributed by atoms with E-state index in [-0.39, 0.29) is 29.1 Å². The van der Waals surface area contributed by atoms with Crippen molar-refractivity contribution in [1.29, 1.82) is 0 Å². The van der Waals surface area contributed by atoms with Gasteiger partial charge >= 0.3 is 5.88 Å². The van der Waals surface area contributed by atoms with Crippen molar-refractivity contribution in [2.24, 2.45) is 5.73 Å². The molecule has 0 radical (unpaired) electrons. The number of nitrogens with zero attached hydrogens (tertiary/aromatic N) is 4. The van der Waals surface area contributed by atoms with E-state index >= 15 is 0 Å². The Morgan fingerprint density at radius 1 is 1.19 bits per heavy atom. The molecule has 3 aliphatic heterocycles. The molecule has 0 spiro atoms. The number of hydroxylamine groups is 3. The molecule has 4 aliphatic rings. The molecule has 1 fully saturated rings. The van der Waals surface area contributed by atoms with Crippen molar-refractivity contribution in [3.8, 4) is 0 Å². The van der Waals surface area contributed by atoms with Crippen molar-refractivity contribution >= 4 is 24.3 Å². The molecular formula is C28H33ClN5O2+. The van der Waals surface area contributed by atoms with Crippen LogP contribution in [-0.2, 0) is 16.1 Å². The highest BCUT2D eigenvalue weighted by molar-refractivity contribution is 5.85. The van der Waals surface area contributed by atoms with Crippen LogP contribution >= 0.6 is 12.4 Å². The second kappa shape index (κ2) is 9.92. The maximum Gasteiger partial charge on any atom is 0.335 e. The van der Waals surface area contributed by atoms with Crippen LogP contribution < -0.4 is 16.2 Å². The Hall–Kier alpha value is -2.81. The first kappa shape index (κ1) is 24.9. The molecular weight excluding hydrogens is 474 g/mol. The van der Waals surface area contributed by atoms with Crippen molar-refractivity contribution in [2.45, 2.75) is 44.3 Å². The number of fused-ring (bicyclic) bond motifs is 3. The number of benzene rings is 1. The Balaban J connectivity index is 0.00000267. The predicted octanol–water partition coefficient (Wildman–Crippen LogP) is 2.95. The first-order valence-corrected chi connectivity index (χ1v) is 12.4. The Bertz CT molecular complexity index is 1370. The van der Waals surface area contributed by atoms with Gasteiger partial charge in [-0.15, -0.1) is 12.4 Å². The van der Waals surface area contributed by atoms with Crippen molar-refractivity contribution in [3.05, 3.63) is 93.5 Å². The fourth-order valence-corrected chi connectivity index (χ4v) is 5.99. The normalized spacial score (nSPS) is 26.9. The van der Waals surface area contributed by atoms with Crippen LogP contribution in [-0.4, -0.2) is 46.5 Å². The summed E-state index contributed by atoms with van der Waals surface area (Å²) in [4.78, 5) is 8.72. The summed E-state index contributed by atoms with van der Waals surface area (Å²) in [7, 11) is 3.44.